The molecule has 0 atom stereocenters. The van der Waals surface area contributed by atoms with Crippen LogP contribution in [0.5, 0.6) is 0 Å². The van der Waals surface area contributed by atoms with Crippen LogP contribution in [0.25, 0.3) is 0 Å². The van der Waals surface area contributed by atoms with E-state index < -0.39 is 20.9 Å². The molecule has 32 heavy (non-hydrogen) atoms. The van der Waals surface area contributed by atoms with Crippen molar-refractivity contribution in [3.05, 3.63) is 87.5 Å². The van der Waals surface area contributed by atoms with Crippen molar-refractivity contribution in [2.24, 2.45) is 0 Å². The Bertz CT molecular complexity index is 1270. The van der Waals surface area contributed by atoms with Gasteiger partial charge in [-0.1, -0.05) is 18.2 Å². The van der Waals surface area contributed by atoms with Crippen molar-refractivity contribution in [3.63, 3.8) is 0 Å². The van der Waals surface area contributed by atoms with Gasteiger partial charge in [0.05, 0.1) is 15.5 Å². The molecule has 0 spiro atoms. The molecule has 0 aromatic heterocycles. The van der Waals surface area contributed by atoms with Crippen LogP contribution in [0.4, 0.5) is 17.1 Å². The molecule has 0 aliphatic carbocycles. The molecule has 8 nitrogen and oxygen atoms in total. The van der Waals surface area contributed by atoms with E-state index in [1.807, 2.05) is 32.0 Å². The molecule has 0 fully saturated rings. The Morgan fingerprint density at radius 2 is 1.62 bits per heavy atom. The predicted octanol–water partition coefficient (Wildman–Crippen LogP) is 4.99. The number of hydrogen-bond donors (Lipinski definition) is 2. The first-order valence-corrected chi connectivity index (χ1v) is 12.2. The first kappa shape index (κ1) is 23.3. The third-order valence-electron chi connectivity index (χ3n) is 4.79. The minimum Gasteiger partial charge on any atom is -0.322 e. The molecule has 3 aromatic carbocycles. The van der Waals surface area contributed by atoms with Gasteiger partial charge in [-0.2, -0.15) is 0 Å². The maximum Gasteiger partial charge on any atom is 0.282 e. The van der Waals surface area contributed by atoms with Gasteiger partial charge in [0.1, 0.15) is 5.56 Å². The van der Waals surface area contributed by atoms with E-state index in [2.05, 4.69) is 10.0 Å². The van der Waals surface area contributed by atoms with E-state index in [1.165, 1.54) is 48.2 Å². The summed E-state index contributed by atoms with van der Waals surface area (Å²) in [5.74, 6) is -0.656. The monoisotopic (exact) mass is 471 g/mol. The molecule has 1 amide bonds. The van der Waals surface area contributed by atoms with Crippen molar-refractivity contribution >= 4 is 44.8 Å². The lowest BCUT2D eigenvalue weighted by Gasteiger charge is -2.13. The molecular weight excluding hydrogens is 450 g/mol. The molecule has 2 N–H and O–H groups in total. The number of rotatable bonds is 7. The number of nitro groups is 1. The van der Waals surface area contributed by atoms with Crippen LogP contribution in [0, 0.1) is 24.0 Å². The second-order valence-corrected chi connectivity index (χ2v) is 9.55. The molecule has 0 heterocycles. The fraction of sp³-hybridized carbons (Fsp3) is 0.136. The van der Waals surface area contributed by atoms with E-state index in [-0.39, 0.29) is 16.1 Å². The van der Waals surface area contributed by atoms with Gasteiger partial charge in [-0.3, -0.25) is 19.6 Å². The van der Waals surface area contributed by atoms with Gasteiger partial charge in [-0.25, -0.2) is 8.42 Å². The van der Waals surface area contributed by atoms with Gasteiger partial charge in [0.25, 0.3) is 21.6 Å². The number of hydrogen-bond acceptors (Lipinski definition) is 6. The van der Waals surface area contributed by atoms with E-state index >= 15 is 0 Å². The van der Waals surface area contributed by atoms with E-state index in [0.29, 0.717) is 16.3 Å². The summed E-state index contributed by atoms with van der Waals surface area (Å²) in [7, 11) is -3.84. The largest absolute Gasteiger partial charge is 0.322 e. The van der Waals surface area contributed by atoms with Crippen molar-refractivity contribution in [1.29, 1.82) is 0 Å². The maximum absolute atomic E-state index is 12.8. The molecule has 3 rings (SSSR count). The number of amides is 1. The van der Waals surface area contributed by atoms with Crippen LogP contribution in [-0.4, -0.2) is 25.5 Å². The Balaban J connectivity index is 1.82. The minimum atomic E-state index is -3.84. The van der Waals surface area contributed by atoms with Crippen molar-refractivity contribution in [3.8, 4) is 0 Å². The summed E-state index contributed by atoms with van der Waals surface area (Å²) in [4.78, 5) is 24.0. The lowest BCUT2D eigenvalue weighted by molar-refractivity contribution is -0.385. The lowest BCUT2D eigenvalue weighted by Crippen LogP contribution is -2.16. The summed E-state index contributed by atoms with van der Waals surface area (Å²) in [5, 5.41) is 13.9. The van der Waals surface area contributed by atoms with Crippen molar-refractivity contribution < 1.29 is 18.1 Å². The number of para-hydroxylation sites is 1. The topological polar surface area (TPSA) is 118 Å². The summed E-state index contributed by atoms with van der Waals surface area (Å²) in [5.41, 5.74) is 2.04. The van der Waals surface area contributed by atoms with Crippen LogP contribution in [-0.2, 0) is 10.0 Å². The number of carbonyl (C=O) groups excluding carboxylic acids is 1. The van der Waals surface area contributed by atoms with Crippen molar-refractivity contribution in [1.82, 2.24) is 0 Å². The third-order valence-corrected chi connectivity index (χ3v) is 6.88. The Hall–Kier alpha value is -3.37. The number of thioether (sulfide) groups is 1. The number of nitrogens with zero attached hydrogens (tertiary/aromatic N) is 1. The van der Waals surface area contributed by atoms with Crippen LogP contribution in [0.2, 0.25) is 0 Å². The van der Waals surface area contributed by atoms with Gasteiger partial charge in [0, 0.05) is 16.6 Å². The molecule has 3 aromatic rings. The predicted molar refractivity (Wildman–Crippen MR) is 126 cm³/mol. The second-order valence-electron chi connectivity index (χ2n) is 6.99. The van der Waals surface area contributed by atoms with Gasteiger partial charge in [0.15, 0.2) is 0 Å². The molecule has 166 valence electrons. The molecule has 0 saturated heterocycles. The number of carbonyl (C=O) groups is 1. The number of nitro benzene ring substituents is 1. The first-order chi connectivity index (χ1) is 15.1. The zero-order chi connectivity index (χ0) is 23.5. The molecule has 0 bridgehead atoms. The normalized spacial score (nSPS) is 11.1. The van der Waals surface area contributed by atoms with Gasteiger partial charge in [-0.05, 0) is 67.6 Å². The standard InChI is InChI=1S/C22H21N3O5S2/c1-14-5-4-6-15(2)21(14)24-32(29,30)18-10-7-16(8-11-18)23-22(26)19-13-17(31-3)9-12-20(19)25(27)28/h4-13,24H,1-3H3,(H,23,26). The lowest BCUT2D eigenvalue weighted by atomic mass is 10.1. The van der Waals surface area contributed by atoms with Crippen LogP contribution < -0.4 is 10.0 Å². The molecule has 0 unspecified atom stereocenters. The molecule has 0 aliphatic heterocycles. The van der Waals surface area contributed by atoms with Crippen LogP contribution in [0.15, 0.2) is 70.5 Å². The van der Waals surface area contributed by atoms with Crippen LogP contribution >= 0.6 is 11.8 Å². The highest BCUT2D eigenvalue weighted by Gasteiger charge is 2.21. The maximum atomic E-state index is 12.8. The Morgan fingerprint density at radius 1 is 1.00 bits per heavy atom. The van der Waals surface area contributed by atoms with Crippen molar-refractivity contribution in [2.75, 3.05) is 16.3 Å². The fourth-order valence-electron chi connectivity index (χ4n) is 3.07. The Kier molecular flexibility index (Phi) is 6.85. The van der Waals surface area contributed by atoms with E-state index in [9.17, 15) is 23.3 Å². The van der Waals surface area contributed by atoms with Gasteiger partial charge in [-0.15, -0.1) is 11.8 Å². The number of nitrogens with one attached hydrogen (secondary N) is 2. The molecular formula is C22H21N3O5S2. The highest BCUT2D eigenvalue weighted by Crippen LogP contribution is 2.27. The number of anilines is 2. The van der Waals surface area contributed by atoms with Crippen LogP contribution in [0.3, 0.4) is 0 Å². The summed E-state index contributed by atoms with van der Waals surface area (Å²) in [6.45, 7) is 3.63. The minimum absolute atomic E-state index is 0.0218. The molecule has 10 heteroatoms. The van der Waals surface area contributed by atoms with Crippen molar-refractivity contribution in [2.45, 2.75) is 23.6 Å². The molecule has 0 saturated carbocycles. The summed E-state index contributed by atoms with van der Waals surface area (Å²) < 4.78 is 28.1. The summed E-state index contributed by atoms with van der Waals surface area (Å²) in [6.07, 6.45) is 1.80. The van der Waals surface area contributed by atoms with Gasteiger partial charge < -0.3 is 5.32 Å². The second kappa shape index (κ2) is 9.41. The quantitative estimate of drug-likeness (QED) is 0.285. The van der Waals surface area contributed by atoms with Crippen LogP contribution in [0.1, 0.15) is 21.5 Å². The van der Waals surface area contributed by atoms with E-state index in [1.54, 1.807) is 12.3 Å². The first-order valence-electron chi connectivity index (χ1n) is 9.45. The highest BCUT2D eigenvalue weighted by atomic mass is 32.2. The molecule has 0 radical (unpaired) electrons. The number of benzene rings is 3. The average Bonchev–Trinajstić information content (AvgIpc) is 2.76. The average molecular weight is 472 g/mol. The Labute approximate surface area is 190 Å². The zero-order valence-corrected chi connectivity index (χ0v) is 19.2. The van der Waals surface area contributed by atoms with Gasteiger partial charge >= 0.3 is 0 Å². The number of sulfonamides is 1. The van der Waals surface area contributed by atoms with E-state index in [4.69, 9.17) is 0 Å². The zero-order valence-electron chi connectivity index (χ0n) is 17.6. The SMILES string of the molecule is CSc1ccc([N+](=O)[O-])c(C(=O)Nc2ccc(S(=O)(=O)Nc3c(C)cccc3C)cc2)c1. The summed E-state index contributed by atoms with van der Waals surface area (Å²) in [6, 6.07) is 15.4. The smallest absolute Gasteiger partial charge is 0.282 e. The Morgan fingerprint density at radius 3 is 2.19 bits per heavy atom. The highest BCUT2D eigenvalue weighted by molar-refractivity contribution is 7.98. The van der Waals surface area contributed by atoms with E-state index in [0.717, 1.165) is 11.1 Å². The third kappa shape index (κ3) is 5.09. The molecule has 0 aliphatic rings. The fourth-order valence-corrected chi connectivity index (χ4v) is 4.71. The summed E-state index contributed by atoms with van der Waals surface area (Å²) >= 11 is 1.36. The number of aryl methyl sites for hydroxylation is 2. The van der Waals surface area contributed by atoms with Gasteiger partial charge in [0.2, 0.25) is 0 Å².